The summed E-state index contributed by atoms with van der Waals surface area (Å²) < 4.78 is 26.8. The third-order valence-corrected chi connectivity index (χ3v) is 3.18. The molecule has 0 unspecified atom stereocenters. The third-order valence-electron chi connectivity index (χ3n) is 2.59. The molecule has 2 aromatic carbocycles. The van der Waals surface area contributed by atoms with E-state index >= 15 is 0 Å². The maximum Gasteiger partial charge on any atom is 0.229 e. The number of amides is 1. The van der Waals surface area contributed by atoms with Gasteiger partial charge in [-0.15, -0.1) is 0 Å². The highest BCUT2D eigenvalue weighted by Crippen LogP contribution is 2.22. The molecule has 20 heavy (non-hydrogen) atoms. The van der Waals surface area contributed by atoms with Crippen molar-refractivity contribution in [2.45, 2.75) is 6.42 Å². The van der Waals surface area contributed by atoms with Gasteiger partial charge in [-0.3, -0.25) is 4.79 Å². The number of hydrogen-bond donors (Lipinski definition) is 1. The first-order valence-corrected chi connectivity index (χ1v) is 6.41. The van der Waals surface area contributed by atoms with Gasteiger partial charge in [0.25, 0.3) is 0 Å². The highest BCUT2D eigenvalue weighted by atomic mass is 35.5. The summed E-state index contributed by atoms with van der Waals surface area (Å²) in [6.45, 7) is 0. The molecule has 0 fully saturated rings. The van der Waals surface area contributed by atoms with Crippen LogP contribution in [0.2, 0.25) is 10.0 Å². The van der Waals surface area contributed by atoms with Crippen LogP contribution in [0.15, 0.2) is 36.4 Å². The van der Waals surface area contributed by atoms with E-state index in [0.717, 1.165) is 12.1 Å². The zero-order chi connectivity index (χ0) is 14.7. The van der Waals surface area contributed by atoms with Gasteiger partial charge in [0.05, 0.1) is 6.42 Å². The van der Waals surface area contributed by atoms with Crippen LogP contribution in [0.5, 0.6) is 0 Å². The molecule has 2 aromatic rings. The fraction of sp³-hybridized carbons (Fsp3) is 0.0714. The smallest absolute Gasteiger partial charge is 0.229 e. The number of carbonyl (C=O) groups excluding carboxylic acids is 1. The molecule has 2 rings (SSSR count). The quantitative estimate of drug-likeness (QED) is 0.890. The fourth-order valence-corrected chi connectivity index (χ4v) is 2.11. The summed E-state index contributed by atoms with van der Waals surface area (Å²) in [6, 6.07) is 8.01. The third kappa shape index (κ3) is 3.46. The number of anilines is 1. The molecule has 0 aliphatic rings. The van der Waals surface area contributed by atoms with Crippen LogP contribution in [0.3, 0.4) is 0 Å². The maximum absolute atomic E-state index is 13.4. The van der Waals surface area contributed by atoms with Gasteiger partial charge in [-0.05, 0) is 29.8 Å². The van der Waals surface area contributed by atoms with Crippen molar-refractivity contribution in [1.82, 2.24) is 0 Å². The summed E-state index contributed by atoms with van der Waals surface area (Å²) in [7, 11) is 0. The Labute approximate surface area is 124 Å². The SMILES string of the molecule is O=C(Cc1ccc(Cl)cc1Cl)Nc1c(F)cccc1F. The number of benzene rings is 2. The molecule has 1 N–H and O–H groups in total. The second kappa shape index (κ2) is 6.20. The van der Waals surface area contributed by atoms with E-state index in [4.69, 9.17) is 23.2 Å². The van der Waals surface area contributed by atoms with Gasteiger partial charge >= 0.3 is 0 Å². The Kier molecular flexibility index (Phi) is 4.57. The monoisotopic (exact) mass is 315 g/mol. The Balaban J connectivity index is 2.13. The second-order valence-electron chi connectivity index (χ2n) is 4.06. The Morgan fingerprint density at radius 2 is 1.75 bits per heavy atom. The Bertz CT molecular complexity index is 641. The van der Waals surface area contributed by atoms with E-state index in [1.807, 2.05) is 0 Å². The van der Waals surface area contributed by atoms with E-state index in [2.05, 4.69) is 5.32 Å². The summed E-state index contributed by atoms with van der Waals surface area (Å²) in [5.74, 6) is -2.24. The molecule has 0 aliphatic carbocycles. The van der Waals surface area contributed by atoms with Crippen molar-refractivity contribution in [1.29, 1.82) is 0 Å². The molecule has 6 heteroatoms. The van der Waals surface area contributed by atoms with E-state index in [-0.39, 0.29) is 6.42 Å². The van der Waals surface area contributed by atoms with Crippen molar-refractivity contribution < 1.29 is 13.6 Å². The van der Waals surface area contributed by atoms with E-state index in [1.54, 1.807) is 12.1 Å². The van der Waals surface area contributed by atoms with Crippen LogP contribution in [0.4, 0.5) is 14.5 Å². The summed E-state index contributed by atoms with van der Waals surface area (Å²) in [5.41, 5.74) is 0.0490. The van der Waals surface area contributed by atoms with Crippen LogP contribution >= 0.6 is 23.2 Å². The molecule has 0 spiro atoms. The van der Waals surface area contributed by atoms with Crippen LogP contribution in [-0.2, 0) is 11.2 Å². The summed E-state index contributed by atoms with van der Waals surface area (Å²) in [5, 5.41) is 2.95. The molecule has 0 heterocycles. The first-order chi connectivity index (χ1) is 9.47. The Hall–Kier alpha value is -1.65. The highest BCUT2D eigenvalue weighted by molar-refractivity contribution is 6.35. The largest absolute Gasteiger partial charge is 0.321 e. The van der Waals surface area contributed by atoms with E-state index in [1.165, 1.54) is 12.1 Å². The van der Waals surface area contributed by atoms with Crippen LogP contribution in [0.25, 0.3) is 0 Å². The molecular formula is C14H9Cl2F2NO. The number of carbonyl (C=O) groups is 1. The molecule has 0 saturated carbocycles. The van der Waals surface area contributed by atoms with Gasteiger partial charge < -0.3 is 5.32 Å². The Morgan fingerprint density at radius 1 is 1.10 bits per heavy atom. The van der Waals surface area contributed by atoms with Crippen molar-refractivity contribution >= 4 is 34.8 Å². The molecule has 0 bridgehead atoms. The lowest BCUT2D eigenvalue weighted by atomic mass is 10.1. The molecule has 0 aromatic heterocycles. The van der Waals surface area contributed by atoms with Crippen LogP contribution in [0, 0.1) is 11.6 Å². The van der Waals surface area contributed by atoms with E-state index < -0.39 is 23.2 Å². The minimum atomic E-state index is -0.833. The minimum absolute atomic E-state index is 0.107. The predicted molar refractivity (Wildman–Crippen MR) is 75.2 cm³/mol. The van der Waals surface area contributed by atoms with Crippen molar-refractivity contribution in [2.24, 2.45) is 0 Å². The van der Waals surface area contributed by atoms with Crippen molar-refractivity contribution in [3.05, 3.63) is 63.6 Å². The number of rotatable bonds is 3. The van der Waals surface area contributed by atoms with Crippen molar-refractivity contribution in [3.8, 4) is 0 Å². The Morgan fingerprint density at radius 3 is 2.35 bits per heavy atom. The van der Waals surface area contributed by atoms with Gasteiger partial charge in [0.1, 0.15) is 17.3 Å². The fourth-order valence-electron chi connectivity index (χ4n) is 1.64. The molecule has 0 saturated heterocycles. The van der Waals surface area contributed by atoms with E-state index in [9.17, 15) is 13.6 Å². The molecule has 104 valence electrons. The summed E-state index contributed by atoms with van der Waals surface area (Å²) in [6.07, 6.45) is -0.107. The number of nitrogens with one attached hydrogen (secondary N) is 1. The molecular weight excluding hydrogens is 307 g/mol. The highest BCUT2D eigenvalue weighted by Gasteiger charge is 2.13. The first-order valence-electron chi connectivity index (χ1n) is 5.65. The minimum Gasteiger partial charge on any atom is -0.321 e. The van der Waals surface area contributed by atoms with Gasteiger partial charge in [0.15, 0.2) is 0 Å². The van der Waals surface area contributed by atoms with Crippen LogP contribution < -0.4 is 5.32 Å². The average Bonchev–Trinajstić information content (AvgIpc) is 2.37. The van der Waals surface area contributed by atoms with Crippen LogP contribution in [0.1, 0.15) is 5.56 Å². The topological polar surface area (TPSA) is 29.1 Å². The van der Waals surface area contributed by atoms with Crippen molar-refractivity contribution in [2.75, 3.05) is 5.32 Å². The standard InChI is InChI=1S/C14H9Cl2F2NO/c15-9-5-4-8(10(16)7-9)6-13(20)19-14-11(17)2-1-3-12(14)18/h1-5,7H,6H2,(H,19,20). The van der Waals surface area contributed by atoms with Gasteiger partial charge in [0.2, 0.25) is 5.91 Å². The van der Waals surface area contributed by atoms with Crippen molar-refractivity contribution in [3.63, 3.8) is 0 Å². The average molecular weight is 316 g/mol. The summed E-state index contributed by atoms with van der Waals surface area (Å²) >= 11 is 11.7. The van der Waals surface area contributed by atoms with Gasteiger partial charge in [-0.25, -0.2) is 8.78 Å². The molecule has 0 radical (unpaired) electrons. The number of halogens is 4. The molecule has 2 nitrogen and oxygen atoms in total. The lowest BCUT2D eigenvalue weighted by molar-refractivity contribution is -0.115. The van der Waals surface area contributed by atoms with Gasteiger partial charge in [-0.2, -0.15) is 0 Å². The molecule has 1 amide bonds. The number of para-hydroxylation sites is 1. The second-order valence-corrected chi connectivity index (χ2v) is 4.90. The normalized spacial score (nSPS) is 10.4. The van der Waals surface area contributed by atoms with Crippen LogP contribution in [-0.4, -0.2) is 5.91 Å². The number of hydrogen-bond acceptors (Lipinski definition) is 1. The lowest BCUT2D eigenvalue weighted by Crippen LogP contribution is -2.16. The molecule has 0 aliphatic heterocycles. The molecule has 0 atom stereocenters. The van der Waals surface area contributed by atoms with Gasteiger partial charge in [-0.1, -0.05) is 35.3 Å². The predicted octanol–water partition coefficient (Wildman–Crippen LogP) is 4.45. The lowest BCUT2D eigenvalue weighted by Gasteiger charge is -2.08. The first kappa shape index (κ1) is 14.8. The zero-order valence-corrected chi connectivity index (χ0v) is 11.6. The van der Waals surface area contributed by atoms with E-state index in [0.29, 0.717) is 15.6 Å². The maximum atomic E-state index is 13.4. The zero-order valence-electron chi connectivity index (χ0n) is 10.1. The van der Waals surface area contributed by atoms with Gasteiger partial charge in [0, 0.05) is 10.0 Å². The summed E-state index contributed by atoms with van der Waals surface area (Å²) in [4.78, 5) is 11.8.